The summed E-state index contributed by atoms with van der Waals surface area (Å²) in [6, 6.07) is 0. The molecule has 0 unspecified atom stereocenters. The van der Waals surface area contributed by atoms with Crippen LogP contribution >= 0.6 is 0 Å². The quantitative estimate of drug-likeness (QED) is 0.335. The van der Waals surface area contributed by atoms with Crippen molar-refractivity contribution in [2.45, 2.75) is 6.42 Å². The summed E-state index contributed by atoms with van der Waals surface area (Å²) in [5.41, 5.74) is -0.567. The van der Waals surface area contributed by atoms with Gasteiger partial charge in [0, 0.05) is 0 Å². The third kappa shape index (κ3) is 2.62. The van der Waals surface area contributed by atoms with E-state index in [4.69, 9.17) is 0 Å². The lowest BCUT2D eigenvalue weighted by Gasteiger charge is -2.07. The normalized spacial score (nSPS) is 14.3. The van der Waals surface area contributed by atoms with E-state index in [1.165, 1.54) is 6.08 Å². The lowest BCUT2D eigenvalue weighted by molar-refractivity contribution is 0.384. The second-order valence-electron chi connectivity index (χ2n) is 3.86. The fraction of sp³-hybridized carbons (Fsp3) is 0.0769. The van der Waals surface area contributed by atoms with Gasteiger partial charge in [-0.2, -0.15) is 0 Å². The molecule has 1 aromatic rings. The van der Waals surface area contributed by atoms with E-state index >= 15 is 0 Å². The van der Waals surface area contributed by atoms with Gasteiger partial charge >= 0.3 is 0 Å². The zero-order valence-electron chi connectivity index (χ0n) is 9.56. The average Bonchev–Trinajstić information content (AvgIpc) is 2.68. The smallest absolute Gasteiger partial charge is 0.200 e. The van der Waals surface area contributed by atoms with E-state index in [0.717, 1.165) is 7.28 Å². The molecule has 0 saturated carbocycles. The van der Waals surface area contributed by atoms with Gasteiger partial charge in [-0.3, -0.25) is 0 Å². The molecule has 0 nitrogen and oxygen atoms in total. The van der Waals surface area contributed by atoms with E-state index < -0.39 is 34.5 Å². The standard InChI is InChI=1S/C13H7BF5/c15-9-8(10(16)12(18)13(19)11(9)17)14-7-5-3-1-2-4-6-7/h1-3,5-6H,4H2. The molecular formula is C13H7BF5. The van der Waals surface area contributed by atoms with Gasteiger partial charge in [-0.05, 0) is 11.9 Å². The number of rotatable bonds is 2. The summed E-state index contributed by atoms with van der Waals surface area (Å²) in [7, 11) is 0.930. The van der Waals surface area contributed by atoms with Crippen molar-refractivity contribution in [1.29, 1.82) is 0 Å². The summed E-state index contributed by atoms with van der Waals surface area (Å²) >= 11 is 0. The molecule has 0 amide bonds. The van der Waals surface area contributed by atoms with Crippen LogP contribution in [-0.2, 0) is 0 Å². The van der Waals surface area contributed by atoms with Crippen LogP contribution in [0.5, 0.6) is 0 Å². The Morgan fingerprint density at radius 1 is 0.789 bits per heavy atom. The molecule has 1 aliphatic rings. The molecule has 97 valence electrons. The highest BCUT2D eigenvalue weighted by Crippen LogP contribution is 2.16. The van der Waals surface area contributed by atoms with Crippen molar-refractivity contribution in [3.8, 4) is 0 Å². The minimum absolute atomic E-state index is 0.369. The van der Waals surface area contributed by atoms with Crippen LogP contribution in [0.4, 0.5) is 22.0 Å². The predicted molar refractivity (Wildman–Crippen MR) is 62.6 cm³/mol. The van der Waals surface area contributed by atoms with Gasteiger partial charge in [0.25, 0.3) is 0 Å². The number of hydrogen-bond donors (Lipinski definition) is 0. The fourth-order valence-electron chi connectivity index (χ4n) is 1.62. The monoisotopic (exact) mass is 269 g/mol. The van der Waals surface area contributed by atoms with Crippen molar-refractivity contribution < 1.29 is 22.0 Å². The lowest BCUT2D eigenvalue weighted by Crippen LogP contribution is -2.28. The van der Waals surface area contributed by atoms with Crippen molar-refractivity contribution in [2.75, 3.05) is 0 Å². The Kier molecular flexibility index (Phi) is 3.88. The summed E-state index contributed by atoms with van der Waals surface area (Å²) < 4.78 is 65.8. The Balaban J connectivity index is 2.43. The van der Waals surface area contributed by atoms with E-state index in [9.17, 15) is 22.0 Å². The topological polar surface area (TPSA) is 0 Å². The van der Waals surface area contributed by atoms with Gasteiger partial charge in [-0.25, -0.2) is 22.0 Å². The second kappa shape index (κ2) is 5.42. The van der Waals surface area contributed by atoms with E-state index in [1.54, 1.807) is 24.3 Å². The van der Waals surface area contributed by atoms with Crippen molar-refractivity contribution in [1.82, 2.24) is 0 Å². The summed E-state index contributed by atoms with van der Waals surface area (Å²) in [6.07, 6.45) is 8.75. The third-order valence-corrected chi connectivity index (χ3v) is 2.58. The summed E-state index contributed by atoms with van der Waals surface area (Å²) in [6.45, 7) is 0. The van der Waals surface area contributed by atoms with E-state index in [0.29, 0.717) is 11.9 Å². The number of allylic oxidation sites excluding steroid dienone is 6. The molecule has 0 atom stereocenters. The first-order valence-electron chi connectivity index (χ1n) is 5.42. The van der Waals surface area contributed by atoms with Crippen LogP contribution in [0.1, 0.15) is 6.42 Å². The molecule has 0 saturated heterocycles. The van der Waals surface area contributed by atoms with Crippen molar-refractivity contribution in [3.05, 3.63) is 64.9 Å². The number of halogens is 5. The molecule has 0 N–H and O–H groups in total. The molecule has 0 bridgehead atoms. The van der Waals surface area contributed by atoms with Crippen molar-refractivity contribution >= 4 is 12.7 Å². The summed E-state index contributed by atoms with van der Waals surface area (Å²) in [4.78, 5) is 0. The van der Waals surface area contributed by atoms with Crippen LogP contribution in [0.3, 0.4) is 0 Å². The predicted octanol–water partition coefficient (Wildman–Crippen LogP) is 3.11. The maximum Gasteiger partial charge on any atom is 0.200 e. The summed E-state index contributed by atoms with van der Waals surface area (Å²) in [5.74, 6) is -9.70. The van der Waals surface area contributed by atoms with Crippen LogP contribution in [0.2, 0.25) is 0 Å². The number of hydrogen-bond acceptors (Lipinski definition) is 0. The molecule has 0 aromatic heterocycles. The first kappa shape index (κ1) is 13.6. The van der Waals surface area contributed by atoms with Gasteiger partial charge in [0.2, 0.25) is 0 Å². The van der Waals surface area contributed by atoms with Crippen LogP contribution in [-0.4, -0.2) is 7.28 Å². The molecule has 0 heterocycles. The Hall–Kier alpha value is -1.85. The Labute approximate surface area is 107 Å². The van der Waals surface area contributed by atoms with E-state index in [-0.39, 0.29) is 0 Å². The molecule has 19 heavy (non-hydrogen) atoms. The first-order valence-corrected chi connectivity index (χ1v) is 5.42. The van der Waals surface area contributed by atoms with Gasteiger partial charge in [-0.15, -0.1) is 0 Å². The maximum atomic E-state index is 13.4. The zero-order valence-corrected chi connectivity index (χ0v) is 9.56. The van der Waals surface area contributed by atoms with Crippen LogP contribution in [0.15, 0.2) is 35.9 Å². The summed E-state index contributed by atoms with van der Waals surface area (Å²) in [5, 5.41) is 0. The average molecular weight is 269 g/mol. The van der Waals surface area contributed by atoms with Gasteiger partial charge in [0.1, 0.15) is 0 Å². The molecular weight excluding hydrogens is 262 g/mol. The molecule has 6 heteroatoms. The fourth-order valence-corrected chi connectivity index (χ4v) is 1.62. The Morgan fingerprint density at radius 3 is 2.00 bits per heavy atom. The van der Waals surface area contributed by atoms with Gasteiger partial charge in [0.05, 0.1) is 0 Å². The Bertz CT molecular complexity index is 573. The number of benzene rings is 1. The third-order valence-electron chi connectivity index (χ3n) is 2.58. The van der Waals surface area contributed by atoms with E-state index in [2.05, 4.69) is 0 Å². The van der Waals surface area contributed by atoms with Gasteiger partial charge < -0.3 is 0 Å². The highest BCUT2D eigenvalue weighted by atomic mass is 19.2. The molecule has 2 rings (SSSR count). The molecule has 1 aromatic carbocycles. The highest BCUT2D eigenvalue weighted by molar-refractivity contribution is 6.62. The minimum atomic E-state index is -2.15. The van der Waals surface area contributed by atoms with E-state index in [1.807, 2.05) is 0 Å². The second-order valence-corrected chi connectivity index (χ2v) is 3.86. The molecule has 0 fully saturated rings. The van der Waals surface area contributed by atoms with Crippen molar-refractivity contribution in [3.63, 3.8) is 0 Å². The molecule has 0 spiro atoms. The zero-order chi connectivity index (χ0) is 14.0. The van der Waals surface area contributed by atoms with Crippen LogP contribution in [0.25, 0.3) is 0 Å². The van der Waals surface area contributed by atoms with Crippen LogP contribution in [0, 0.1) is 29.1 Å². The highest BCUT2D eigenvalue weighted by Gasteiger charge is 2.25. The lowest BCUT2D eigenvalue weighted by atomic mass is 9.62. The van der Waals surface area contributed by atoms with Crippen molar-refractivity contribution in [2.24, 2.45) is 0 Å². The molecule has 0 aliphatic heterocycles. The maximum absolute atomic E-state index is 13.4. The largest absolute Gasteiger partial charge is 0.204 e. The van der Waals surface area contributed by atoms with Crippen LogP contribution < -0.4 is 5.46 Å². The Morgan fingerprint density at radius 2 is 1.37 bits per heavy atom. The van der Waals surface area contributed by atoms with Gasteiger partial charge in [-0.1, -0.05) is 35.9 Å². The van der Waals surface area contributed by atoms with Gasteiger partial charge in [0.15, 0.2) is 36.4 Å². The molecule has 1 radical (unpaired) electrons. The SMILES string of the molecule is Fc1c(F)c(F)c([B]C2=CCC=CC=C2)c(F)c1F. The molecule has 1 aliphatic carbocycles. The minimum Gasteiger partial charge on any atom is -0.204 e. The first-order chi connectivity index (χ1) is 9.02.